The predicted octanol–water partition coefficient (Wildman–Crippen LogP) is 2.74. The van der Waals surface area contributed by atoms with Crippen LogP contribution >= 0.6 is 0 Å². The van der Waals surface area contributed by atoms with Gasteiger partial charge >= 0.3 is 0 Å². The first-order valence-corrected chi connectivity index (χ1v) is 7.81. The first kappa shape index (κ1) is 15.4. The topological polar surface area (TPSA) is 49.3 Å². The van der Waals surface area contributed by atoms with Crippen LogP contribution in [0, 0.1) is 23.0 Å². The zero-order chi connectivity index (χ0) is 15.9. The minimum Gasteiger partial charge on any atom is -0.396 e. The maximum Gasteiger partial charge on any atom is 0.223 e. The molecule has 22 heavy (non-hydrogen) atoms. The number of rotatable bonds is 4. The van der Waals surface area contributed by atoms with Crippen molar-refractivity contribution >= 4 is 5.91 Å². The molecule has 0 heterocycles. The molecule has 1 aromatic rings. The Morgan fingerprint density at radius 2 is 2.09 bits per heavy atom. The van der Waals surface area contributed by atoms with Crippen LogP contribution in [0.15, 0.2) is 18.2 Å². The van der Waals surface area contributed by atoms with Gasteiger partial charge in [0.05, 0.1) is 6.61 Å². The van der Waals surface area contributed by atoms with E-state index in [0.717, 1.165) is 19.3 Å². The highest BCUT2D eigenvalue weighted by atomic mass is 19.1. The normalized spacial score (nSPS) is 33.7. The SMILES string of the molecule is CC1(CO)CCCC1NC(=O)C1CC1c1c(F)cccc1F. The first-order valence-electron chi connectivity index (χ1n) is 7.81. The lowest BCUT2D eigenvalue weighted by Crippen LogP contribution is -2.45. The molecule has 1 aromatic carbocycles. The Hall–Kier alpha value is -1.49. The third kappa shape index (κ3) is 2.62. The van der Waals surface area contributed by atoms with Crippen LogP contribution in [0.1, 0.15) is 44.1 Å². The maximum absolute atomic E-state index is 13.8. The lowest BCUT2D eigenvalue weighted by Gasteiger charge is -2.30. The molecule has 1 amide bonds. The second-order valence-corrected chi connectivity index (χ2v) is 6.85. The van der Waals surface area contributed by atoms with E-state index in [1.165, 1.54) is 18.2 Å². The van der Waals surface area contributed by atoms with Gasteiger partial charge in [0.25, 0.3) is 0 Å². The summed E-state index contributed by atoms with van der Waals surface area (Å²) in [6.07, 6.45) is 3.17. The van der Waals surface area contributed by atoms with Gasteiger partial charge in [-0.2, -0.15) is 0 Å². The van der Waals surface area contributed by atoms with Crippen LogP contribution in [-0.4, -0.2) is 23.7 Å². The second kappa shape index (κ2) is 5.61. The Balaban J connectivity index is 1.66. The van der Waals surface area contributed by atoms with Crippen molar-refractivity contribution < 1.29 is 18.7 Å². The third-order valence-electron chi connectivity index (χ3n) is 5.26. The smallest absolute Gasteiger partial charge is 0.223 e. The van der Waals surface area contributed by atoms with Crippen molar-refractivity contribution in [3.63, 3.8) is 0 Å². The van der Waals surface area contributed by atoms with Gasteiger partial charge in [-0.15, -0.1) is 0 Å². The molecule has 0 saturated heterocycles. The molecule has 5 heteroatoms. The predicted molar refractivity (Wildman–Crippen MR) is 78.2 cm³/mol. The van der Waals surface area contributed by atoms with Crippen LogP contribution in [-0.2, 0) is 4.79 Å². The fourth-order valence-electron chi connectivity index (χ4n) is 3.62. The lowest BCUT2D eigenvalue weighted by molar-refractivity contribution is -0.124. The van der Waals surface area contributed by atoms with Crippen molar-refractivity contribution in [2.24, 2.45) is 11.3 Å². The van der Waals surface area contributed by atoms with Gasteiger partial charge in [-0.25, -0.2) is 8.78 Å². The number of amides is 1. The van der Waals surface area contributed by atoms with Gasteiger partial charge < -0.3 is 10.4 Å². The molecule has 2 fully saturated rings. The zero-order valence-electron chi connectivity index (χ0n) is 12.6. The number of nitrogens with one attached hydrogen (secondary N) is 1. The van der Waals surface area contributed by atoms with E-state index in [1.54, 1.807) is 0 Å². The highest BCUT2D eigenvalue weighted by molar-refractivity contribution is 5.83. The summed E-state index contributed by atoms with van der Waals surface area (Å²) in [5.74, 6) is -2.06. The fourth-order valence-corrected chi connectivity index (χ4v) is 3.62. The molecule has 0 aliphatic heterocycles. The Kier molecular flexibility index (Phi) is 3.93. The molecule has 0 spiro atoms. The summed E-state index contributed by atoms with van der Waals surface area (Å²) in [5.41, 5.74) is -0.262. The molecule has 2 aliphatic carbocycles. The fraction of sp³-hybridized carbons (Fsp3) is 0.588. The Morgan fingerprint density at radius 3 is 2.73 bits per heavy atom. The molecule has 3 nitrogen and oxygen atoms in total. The average molecular weight is 309 g/mol. The summed E-state index contributed by atoms with van der Waals surface area (Å²) < 4.78 is 27.5. The van der Waals surface area contributed by atoms with Gasteiger partial charge in [-0.3, -0.25) is 4.79 Å². The van der Waals surface area contributed by atoms with Gasteiger partial charge in [0.2, 0.25) is 5.91 Å². The third-order valence-corrected chi connectivity index (χ3v) is 5.26. The molecule has 3 rings (SSSR count). The monoisotopic (exact) mass is 309 g/mol. The molecule has 0 aromatic heterocycles. The zero-order valence-corrected chi connectivity index (χ0v) is 12.6. The molecule has 0 bridgehead atoms. The van der Waals surface area contributed by atoms with E-state index in [4.69, 9.17) is 0 Å². The number of hydrogen-bond donors (Lipinski definition) is 2. The first-order chi connectivity index (χ1) is 10.5. The highest BCUT2D eigenvalue weighted by Gasteiger charge is 2.48. The number of hydrogen-bond acceptors (Lipinski definition) is 2. The second-order valence-electron chi connectivity index (χ2n) is 6.85. The van der Waals surface area contributed by atoms with Gasteiger partial charge in [-0.05, 0) is 31.4 Å². The van der Waals surface area contributed by atoms with Crippen LogP contribution < -0.4 is 5.32 Å². The van der Waals surface area contributed by atoms with Crippen LogP contribution in [0.4, 0.5) is 8.78 Å². The molecule has 2 N–H and O–H groups in total. The summed E-state index contributed by atoms with van der Waals surface area (Å²) in [5, 5.41) is 12.5. The van der Waals surface area contributed by atoms with Crippen LogP contribution in [0.25, 0.3) is 0 Å². The largest absolute Gasteiger partial charge is 0.396 e. The number of aliphatic hydroxyl groups excluding tert-OH is 1. The molecule has 2 aliphatic rings. The van der Waals surface area contributed by atoms with Crippen LogP contribution in [0.5, 0.6) is 0 Å². The van der Waals surface area contributed by atoms with Gasteiger partial charge in [-0.1, -0.05) is 19.4 Å². The number of benzene rings is 1. The average Bonchev–Trinajstić information content (AvgIpc) is 3.18. The Bertz CT molecular complexity index is 572. The van der Waals surface area contributed by atoms with Crippen molar-refractivity contribution in [2.75, 3.05) is 6.61 Å². The Morgan fingerprint density at radius 1 is 1.41 bits per heavy atom. The summed E-state index contributed by atoms with van der Waals surface area (Å²) in [6.45, 7) is 2.00. The quantitative estimate of drug-likeness (QED) is 0.898. The van der Waals surface area contributed by atoms with E-state index in [0.29, 0.717) is 6.42 Å². The molecule has 2 saturated carbocycles. The lowest BCUT2D eigenvalue weighted by atomic mass is 9.85. The summed E-state index contributed by atoms with van der Waals surface area (Å²) >= 11 is 0. The Labute approximate surface area is 128 Å². The van der Waals surface area contributed by atoms with Crippen molar-refractivity contribution in [2.45, 2.75) is 44.6 Å². The molecular formula is C17H21F2NO2. The van der Waals surface area contributed by atoms with E-state index in [1.807, 2.05) is 6.92 Å². The minimum atomic E-state index is -0.582. The van der Waals surface area contributed by atoms with E-state index in [9.17, 15) is 18.7 Å². The van der Waals surface area contributed by atoms with E-state index >= 15 is 0 Å². The molecule has 4 unspecified atom stereocenters. The van der Waals surface area contributed by atoms with Crippen LogP contribution in [0.3, 0.4) is 0 Å². The van der Waals surface area contributed by atoms with E-state index < -0.39 is 11.6 Å². The molecule has 0 radical (unpaired) electrons. The van der Waals surface area contributed by atoms with Crippen molar-refractivity contribution in [1.82, 2.24) is 5.32 Å². The van der Waals surface area contributed by atoms with Crippen LogP contribution in [0.2, 0.25) is 0 Å². The van der Waals surface area contributed by atoms with E-state index in [2.05, 4.69) is 5.32 Å². The summed E-state index contributed by atoms with van der Waals surface area (Å²) in [7, 11) is 0. The number of aliphatic hydroxyl groups is 1. The number of carbonyl (C=O) groups is 1. The standard InChI is InChI=1S/C17H21F2NO2/c1-17(9-21)7-3-6-14(17)20-16(22)11-8-10(11)15-12(18)4-2-5-13(15)19/h2,4-5,10-11,14,21H,3,6-9H2,1H3,(H,20,22). The van der Waals surface area contributed by atoms with E-state index in [-0.39, 0.29) is 41.4 Å². The molecule has 4 atom stereocenters. The number of halogens is 2. The van der Waals surface area contributed by atoms with Gasteiger partial charge in [0.1, 0.15) is 11.6 Å². The van der Waals surface area contributed by atoms with Gasteiger partial charge in [0.15, 0.2) is 0 Å². The number of carbonyl (C=O) groups excluding carboxylic acids is 1. The van der Waals surface area contributed by atoms with Crippen molar-refractivity contribution in [3.8, 4) is 0 Å². The molecular weight excluding hydrogens is 288 g/mol. The summed E-state index contributed by atoms with van der Waals surface area (Å²) in [4.78, 5) is 12.3. The molecule has 120 valence electrons. The highest BCUT2D eigenvalue weighted by Crippen LogP contribution is 2.49. The minimum absolute atomic E-state index is 0.0268. The van der Waals surface area contributed by atoms with Gasteiger partial charge in [0, 0.05) is 28.9 Å². The van der Waals surface area contributed by atoms with Crippen molar-refractivity contribution in [1.29, 1.82) is 0 Å². The summed E-state index contributed by atoms with van der Waals surface area (Å²) in [6, 6.07) is 3.73. The van der Waals surface area contributed by atoms with Crippen molar-refractivity contribution in [3.05, 3.63) is 35.4 Å². The maximum atomic E-state index is 13.8.